The van der Waals surface area contributed by atoms with E-state index >= 15 is 0 Å². The maximum atomic E-state index is 11.8. The number of carbonyl (C=O) groups excluding carboxylic acids is 1. The Hall–Kier alpha value is -1.83. The summed E-state index contributed by atoms with van der Waals surface area (Å²) in [5, 5.41) is 15.8. The molecule has 0 aliphatic heterocycles. The third-order valence-electron chi connectivity index (χ3n) is 2.72. The zero-order valence-corrected chi connectivity index (χ0v) is 9.82. The normalized spacial score (nSPS) is 10.9. The average Bonchev–Trinajstić information content (AvgIpc) is 2.73. The quantitative estimate of drug-likeness (QED) is 0.829. The summed E-state index contributed by atoms with van der Waals surface area (Å²) in [7, 11) is 1.74. The van der Waals surface area contributed by atoms with Crippen LogP contribution in [0.5, 0.6) is 0 Å². The van der Waals surface area contributed by atoms with Crippen LogP contribution in [0.1, 0.15) is 37.2 Å². The number of amides is 1. The molecule has 16 heavy (non-hydrogen) atoms. The molecule has 0 saturated heterocycles. The molecule has 0 bridgehead atoms. The zero-order chi connectivity index (χ0) is 12.2. The Kier molecular flexibility index (Phi) is 3.67. The van der Waals surface area contributed by atoms with E-state index in [-0.39, 0.29) is 5.91 Å². The van der Waals surface area contributed by atoms with Gasteiger partial charge in [-0.05, 0) is 18.9 Å². The van der Waals surface area contributed by atoms with Crippen molar-refractivity contribution in [3.05, 3.63) is 18.0 Å². The fraction of sp³-hybridized carbons (Fsp3) is 0.545. The largest absolute Gasteiger partial charge is 0.332 e. The fourth-order valence-corrected chi connectivity index (χ4v) is 1.43. The van der Waals surface area contributed by atoms with Gasteiger partial charge in [-0.3, -0.25) is 9.48 Å². The van der Waals surface area contributed by atoms with E-state index in [1.165, 1.54) is 0 Å². The molecule has 1 aromatic rings. The van der Waals surface area contributed by atoms with Gasteiger partial charge in [-0.15, -0.1) is 0 Å². The third-order valence-corrected chi connectivity index (χ3v) is 2.72. The molecule has 0 aromatic carbocycles. The summed E-state index contributed by atoms with van der Waals surface area (Å²) in [6.07, 6.45) is 2.86. The van der Waals surface area contributed by atoms with Crippen LogP contribution < -0.4 is 5.32 Å². The van der Waals surface area contributed by atoms with E-state index < -0.39 is 5.54 Å². The van der Waals surface area contributed by atoms with Crippen LogP contribution in [0.15, 0.2) is 12.3 Å². The van der Waals surface area contributed by atoms with Gasteiger partial charge in [0.05, 0.1) is 6.07 Å². The Morgan fingerprint density at radius 3 is 2.62 bits per heavy atom. The van der Waals surface area contributed by atoms with E-state index in [1.54, 1.807) is 24.0 Å². The van der Waals surface area contributed by atoms with Crippen molar-refractivity contribution >= 4 is 5.91 Å². The molecule has 1 aromatic heterocycles. The first-order valence-corrected chi connectivity index (χ1v) is 5.30. The molecule has 5 heteroatoms. The van der Waals surface area contributed by atoms with Crippen LogP contribution in [0, 0.1) is 11.3 Å². The lowest BCUT2D eigenvalue weighted by molar-refractivity contribution is 0.0909. The Morgan fingerprint density at radius 2 is 2.25 bits per heavy atom. The molecule has 1 N–H and O–H groups in total. The molecule has 0 saturated carbocycles. The summed E-state index contributed by atoms with van der Waals surface area (Å²) in [5.41, 5.74) is -0.446. The van der Waals surface area contributed by atoms with Gasteiger partial charge >= 0.3 is 0 Å². The first-order valence-electron chi connectivity index (χ1n) is 5.30. The number of hydrogen-bond donors (Lipinski definition) is 1. The Morgan fingerprint density at radius 1 is 1.62 bits per heavy atom. The van der Waals surface area contributed by atoms with Gasteiger partial charge < -0.3 is 5.32 Å². The molecular weight excluding hydrogens is 204 g/mol. The maximum Gasteiger partial charge on any atom is 0.273 e. The van der Waals surface area contributed by atoms with Crippen molar-refractivity contribution in [1.82, 2.24) is 15.1 Å². The standard InChI is InChI=1S/C11H16N4O/c1-4-11(5-2,8-12)13-10(16)9-6-7-15(3)14-9/h6-7H,4-5H2,1-3H3,(H,13,16). The molecule has 0 aliphatic carbocycles. The molecule has 0 atom stereocenters. The van der Waals surface area contributed by atoms with Crippen molar-refractivity contribution in [2.45, 2.75) is 32.2 Å². The van der Waals surface area contributed by atoms with Crippen LogP contribution in [-0.2, 0) is 7.05 Å². The highest BCUT2D eigenvalue weighted by Crippen LogP contribution is 2.14. The van der Waals surface area contributed by atoms with Gasteiger partial charge in [0.25, 0.3) is 5.91 Å². The topological polar surface area (TPSA) is 70.7 Å². The summed E-state index contributed by atoms with van der Waals surface area (Å²) < 4.78 is 1.56. The van der Waals surface area contributed by atoms with E-state index in [4.69, 9.17) is 5.26 Å². The smallest absolute Gasteiger partial charge is 0.273 e. The van der Waals surface area contributed by atoms with Gasteiger partial charge in [0.1, 0.15) is 11.2 Å². The third kappa shape index (κ3) is 2.40. The second-order valence-corrected chi connectivity index (χ2v) is 3.73. The number of nitrogens with zero attached hydrogens (tertiary/aromatic N) is 3. The summed E-state index contributed by atoms with van der Waals surface area (Å²) >= 11 is 0. The van der Waals surface area contributed by atoms with Crippen molar-refractivity contribution in [2.24, 2.45) is 7.05 Å². The molecule has 5 nitrogen and oxygen atoms in total. The second kappa shape index (κ2) is 4.79. The fourth-order valence-electron chi connectivity index (χ4n) is 1.43. The molecule has 1 heterocycles. The minimum Gasteiger partial charge on any atom is -0.332 e. The van der Waals surface area contributed by atoms with Crippen LogP contribution >= 0.6 is 0 Å². The number of nitrogens with one attached hydrogen (secondary N) is 1. The van der Waals surface area contributed by atoms with Gasteiger partial charge in [-0.1, -0.05) is 13.8 Å². The number of carbonyl (C=O) groups is 1. The van der Waals surface area contributed by atoms with Crippen molar-refractivity contribution in [3.8, 4) is 6.07 Å². The highest BCUT2D eigenvalue weighted by molar-refractivity contribution is 5.92. The highest BCUT2D eigenvalue weighted by atomic mass is 16.2. The summed E-state index contributed by atoms with van der Waals surface area (Å²) in [5.74, 6) is -0.300. The number of aromatic nitrogens is 2. The Balaban J connectivity index is 2.81. The first-order chi connectivity index (χ1) is 7.56. The Labute approximate surface area is 95.1 Å². The molecule has 0 unspecified atom stereocenters. The molecule has 0 aliphatic rings. The summed E-state index contributed by atoms with van der Waals surface area (Å²) in [6, 6.07) is 3.78. The molecule has 1 rings (SSSR count). The van der Waals surface area contributed by atoms with Crippen LogP contribution in [0.25, 0.3) is 0 Å². The number of aryl methyl sites for hydroxylation is 1. The molecule has 0 fully saturated rings. The maximum absolute atomic E-state index is 11.8. The lowest BCUT2D eigenvalue weighted by Gasteiger charge is -2.24. The first kappa shape index (κ1) is 12.2. The SMILES string of the molecule is CCC(C#N)(CC)NC(=O)c1ccn(C)n1. The van der Waals surface area contributed by atoms with Crippen molar-refractivity contribution < 1.29 is 4.79 Å². The lowest BCUT2D eigenvalue weighted by Crippen LogP contribution is -2.46. The summed E-state index contributed by atoms with van der Waals surface area (Å²) in [6.45, 7) is 3.76. The minimum absolute atomic E-state index is 0.300. The van der Waals surface area contributed by atoms with Gasteiger partial charge in [0.2, 0.25) is 0 Å². The molecule has 1 amide bonds. The van der Waals surface area contributed by atoms with E-state index in [9.17, 15) is 4.79 Å². The van der Waals surface area contributed by atoms with E-state index in [2.05, 4.69) is 16.5 Å². The number of nitriles is 1. The van der Waals surface area contributed by atoms with Gasteiger partial charge in [-0.2, -0.15) is 10.4 Å². The monoisotopic (exact) mass is 220 g/mol. The number of rotatable bonds is 4. The lowest BCUT2D eigenvalue weighted by atomic mass is 9.94. The molecule has 86 valence electrons. The van der Waals surface area contributed by atoms with Gasteiger partial charge in [0.15, 0.2) is 0 Å². The Bertz CT molecular complexity index is 412. The molecule has 0 radical (unpaired) electrons. The van der Waals surface area contributed by atoms with Gasteiger partial charge in [-0.25, -0.2) is 0 Å². The van der Waals surface area contributed by atoms with Crippen molar-refractivity contribution in [1.29, 1.82) is 5.26 Å². The zero-order valence-electron chi connectivity index (χ0n) is 9.82. The van der Waals surface area contributed by atoms with E-state index in [1.807, 2.05) is 13.8 Å². The van der Waals surface area contributed by atoms with E-state index in [0.717, 1.165) is 0 Å². The van der Waals surface area contributed by atoms with Crippen LogP contribution in [0.4, 0.5) is 0 Å². The predicted molar refractivity (Wildman–Crippen MR) is 59.6 cm³/mol. The van der Waals surface area contributed by atoms with E-state index in [0.29, 0.717) is 18.5 Å². The molecule has 0 spiro atoms. The summed E-state index contributed by atoms with van der Waals surface area (Å²) in [4.78, 5) is 11.8. The second-order valence-electron chi connectivity index (χ2n) is 3.73. The average molecular weight is 220 g/mol. The van der Waals surface area contributed by atoms with Crippen molar-refractivity contribution in [2.75, 3.05) is 0 Å². The number of hydrogen-bond acceptors (Lipinski definition) is 3. The minimum atomic E-state index is -0.783. The van der Waals surface area contributed by atoms with Gasteiger partial charge in [0, 0.05) is 13.2 Å². The predicted octanol–water partition coefficient (Wildman–Crippen LogP) is 1.23. The van der Waals surface area contributed by atoms with Crippen LogP contribution in [-0.4, -0.2) is 21.2 Å². The highest BCUT2D eigenvalue weighted by Gasteiger charge is 2.28. The van der Waals surface area contributed by atoms with Crippen LogP contribution in [0.3, 0.4) is 0 Å². The van der Waals surface area contributed by atoms with Crippen LogP contribution in [0.2, 0.25) is 0 Å². The van der Waals surface area contributed by atoms with Crippen molar-refractivity contribution in [3.63, 3.8) is 0 Å². The molecular formula is C11H16N4O.